The Morgan fingerprint density at radius 3 is 2.50 bits per heavy atom. The third-order valence-electron chi connectivity index (χ3n) is 3.72. The second-order valence-corrected chi connectivity index (χ2v) is 4.48. The fourth-order valence-electron chi connectivity index (χ4n) is 3.09. The Kier molecular flexibility index (Phi) is 1.82. The van der Waals surface area contributed by atoms with Crippen LogP contribution < -0.4 is 0 Å². The minimum atomic E-state index is 0.380. The molecule has 1 nitrogen and oxygen atoms in total. The molecule has 0 amide bonds. The van der Waals surface area contributed by atoms with E-state index in [1.165, 1.54) is 24.7 Å². The van der Waals surface area contributed by atoms with Gasteiger partial charge in [-0.25, -0.2) is 0 Å². The highest BCUT2D eigenvalue weighted by Gasteiger charge is 2.45. The van der Waals surface area contributed by atoms with E-state index >= 15 is 0 Å². The maximum atomic E-state index is 10.7. The summed E-state index contributed by atoms with van der Waals surface area (Å²) < 4.78 is 0. The lowest BCUT2D eigenvalue weighted by molar-refractivity contribution is -0.112. The molecule has 0 aromatic heterocycles. The Morgan fingerprint density at radius 1 is 1.33 bits per heavy atom. The van der Waals surface area contributed by atoms with Crippen molar-refractivity contribution in [3.63, 3.8) is 0 Å². The van der Waals surface area contributed by atoms with Crippen molar-refractivity contribution in [3.8, 4) is 0 Å². The van der Waals surface area contributed by atoms with E-state index in [1.54, 1.807) is 0 Å². The van der Waals surface area contributed by atoms with Crippen LogP contribution in [0.25, 0.3) is 0 Å². The van der Waals surface area contributed by atoms with Crippen LogP contribution >= 0.6 is 0 Å². The number of fused-ring (bicyclic) bond motifs is 2. The van der Waals surface area contributed by atoms with E-state index < -0.39 is 0 Å². The van der Waals surface area contributed by atoms with Gasteiger partial charge in [0.2, 0.25) is 0 Å². The maximum Gasteiger partial charge on any atom is 0.123 e. The van der Waals surface area contributed by atoms with E-state index in [9.17, 15) is 4.79 Å². The van der Waals surface area contributed by atoms with Crippen LogP contribution in [0.4, 0.5) is 0 Å². The second-order valence-electron chi connectivity index (χ2n) is 4.48. The SMILES string of the molecule is C=C(C)C1CC2CC1CC2C=O. The van der Waals surface area contributed by atoms with Crippen LogP contribution in [0.2, 0.25) is 0 Å². The summed E-state index contributed by atoms with van der Waals surface area (Å²) in [5, 5.41) is 0. The molecule has 0 aliphatic heterocycles. The average Bonchev–Trinajstić information content (AvgIpc) is 2.60. The summed E-state index contributed by atoms with van der Waals surface area (Å²) in [6.45, 7) is 6.14. The number of carbonyl (C=O) groups is 1. The lowest BCUT2D eigenvalue weighted by Gasteiger charge is -2.24. The molecule has 2 aliphatic carbocycles. The molecule has 0 saturated heterocycles. The Balaban J connectivity index is 2.07. The molecule has 4 atom stereocenters. The van der Waals surface area contributed by atoms with Gasteiger partial charge in [0.1, 0.15) is 6.29 Å². The summed E-state index contributed by atoms with van der Waals surface area (Å²) in [6, 6.07) is 0. The molecule has 2 aliphatic rings. The molecular weight excluding hydrogens is 148 g/mol. The molecule has 2 fully saturated rings. The summed E-state index contributed by atoms with van der Waals surface area (Å²) >= 11 is 0. The zero-order chi connectivity index (χ0) is 8.72. The van der Waals surface area contributed by atoms with Crippen LogP contribution in [0.1, 0.15) is 26.2 Å². The van der Waals surface area contributed by atoms with Crippen molar-refractivity contribution < 1.29 is 4.79 Å². The molecule has 0 N–H and O–H groups in total. The van der Waals surface area contributed by atoms with Gasteiger partial charge in [-0.2, -0.15) is 0 Å². The first kappa shape index (κ1) is 8.03. The topological polar surface area (TPSA) is 17.1 Å². The van der Waals surface area contributed by atoms with Gasteiger partial charge in [-0.05, 0) is 43.9 Å². The minimum Gasteiger partial charge on any atom is -0.303 e. The van der Waals surface area contributed by atoms with E-state index in [-0.39, 0.29) is 0 Å². The summed E-state index contributed by atoms with van der Waals surface area (Å²) in [4.78, 5) is 10.7. The first-order valence-corrected chi connectivity index (χ1v) is 4.83. The molecule has 2 bridgehead atoms. The van der Waals surface area contributed by atoms with Gasteiger partial charge in [-0.1, -0.05) is 12.2 Å². The highest BCUT2D eigenvalue weighted by molar-refractivity contribution is 5.55. The largest absolute Gasteiger partial charge is 0.303 e. The fourth-order valence-corrected chi connectivity index (χ4v) is 3.09. The normalized spacial score (nSPS) is 44.8. The van der Waals surface area contributed by atoms with Crippen LogP contribution in [0.3, 0.4) is 0 Å². The molecule has 4 unspecified atom stereocenters. The van der Waals surface area contributed by atoms with E-state index in [1.807, 2.05) is 0 Å². The molecule has 2 saturated carbocycles. The number of hydrogen-bond acceptors (Lipinski definition) is 1. The van der Waals surface area contributed by atoms with Crippen molar-refractivity contribution in [1.82, 2.24) is 0 Å². The van der Waals surface area contributed by atoms with Crippen LogP contribution in [0, 0.1) is 23.7 Å². The highest BCUT2D eigenvalue weighted by Crippen LogP contribution is 2.52. The average molecular weight is 164 g/mol. The molecule has 66 valence electrons. The van der Waals surface area contributed by atoms with Crippen LogP contribution in [0.15, 0.2) is 12.2 Å². The first-order valence-electron chi connectivity index (χ1n) is 4.83. The number of aldehydes is 1. The summed E-state index contributed by atoms with van der Waals surface area (Å²) in [5.41, 5.74) is 1.33. The summed E-state index contributed by atoms with van der Waals surface area (Å²) in [6.07, 6.45) is 4.80. The Morgan fingerprint density at radius 2 is 2.08 bits per heavy atom. The predicted molar refractivity (Wildman–Crippen MR) is 48.7 cm³/mol. The fraction of sp³-hybridized carbons (Fsp3) is 0.727. The van der Waals surface area contributed by atoms with Crippen molar-refractivity contribution in [2.75, 3.05) is 0 Å². The smallest absolute Gasteiger partial charge is 0.123 e. The minimum absolute atomic E-state index is 0.380. The summed E-state index contributed by atoms with van der Waals surface area (Å²) in [5.74, 6) is 2.58. The molecule has 0 heterocycles. The van der Waals surface area contributed by atoms with Gasteiger partial charge in [0.25, 0.3) is 0 Å². The number of rotatable bonds is 2. The van der Waals surface area contributed by atoms with Crippen molar-refractivity contribution in [3.05, 3.63) is 12.2 Å². The molecule has 0 spiro atoms. The molecule has 0 radical (unpaired) electrons. The second kappa shape index (κ2) is 2.72. The predicted octanol–water partition coefficient (Wildman–Crippen LogP) is 2.42. The van der Waals surface area contributed by atoms with Gasteiger partial charge in [0, 0.05) is 5.92 Å². The van der Waals surface area contributed by atoms with Crippen molar-refractivity contribution in [2.24, 2.45) is 23.7 Å². The Hall–Kier alpha value is -0.590. The monoisotopic (exact) mass is 164 g/mol. The van der Waals surface area contributed by atoms with E-state index in [0.717, 1.165) is 18.3 Å². The van der Waals surface area contributed by atoms with Gasteiger partial charge in [-0.15, -0.1) is 0 Å². The molecule has 2 rings (SSSR count). The van der Waals surface area contributed by atoms with Crippen LogP contribution in [-0.4, -0.2) is 6.29 Å². The third-order valence-corrected chi connectivity index (χ3v) is 3.72. The number of allylic oxidation sites excluding steroid dienone is 1. The molecule has 12 heavy (non-hydrogen) atoms. The van der Waals surface area contributed by atoms with E-state index in [2.05, 4.69) is 13.5 Å². The van der Waals surface area contributed by atoms with Gasteiger partial charge < -0.3 is 4.79 Å². The lowest BCUT2D eigenvalue weighted by atomic mass is 9.80. The van der Waals surface area contributed by atoms with Crippen LogP contribution in [-0.2, 0) is 4.79 Å². The quantitative estimate of drug-likeness (QED) is 0.452. The van der Waals surface area contributed by atoms with Crippen LogP contribution in [0.5, 0.6) is 0 Å². The highest BCUT2D eigenvalue weighted by atomic mass is 16.1. The van der Waals surface area contributed by atoms with Gasteiger partial charge in [-0.3, -0.25) is 0 Å². The van der Waals surface area contributed by atoms with E-state index in [0.29, 0.717) is 11.8 Å². The zero-order valence-electron chi connectivity index (χ0n) is 7.62. The third kappa shape index (κ3) is 1.03. The van der Waals surface area contributed by atoms with Gasteiger partial charge in [0.05, 0.1) is 0 Å². The molecular formula is C11H16O. The van der Waals surface area contributed by atoms with Gasteiger partial charge >= 0.3 is 0 Å². The lowest BCUT2D eigenvalue weighted by Crippen LogP contribution is -2.19. The summed E-state index contributed by atoms with van der Waals surface area (Å²) in [7, 11) is 0. The van der Waals surface area contributed by atoms with Crippen molar-refractivity contribution in [1.29, 1.82) is 0 Å². The number of hydrogen-bond donors (Lipinski definition) is 0. The number of carbonyl (C=O) groups excluding carboxylic acids is 1. The maximum absolute atomic E-state index is 10.7. The Bertz CT molecular complexity index is 219. The van der Waals surface area contributed by atoms with Crippen molar-refractivity contribution >= 4 is 6.29 Å². The Labute approximate surface area is 73.8 Å². The standard InChI is InChI=1S/C11H16O/c1-7(2)11-5-8-3-9(11)4-10(8)6-12/h6,8-11H,1,3-5H2,2H3. The van der Waals surface area contributed by atoms with Gasteiger partial charge in [0.15, 0.2) is 0 Å². The first-order chi connectivity index (χ1) is 5.72. The van der Waals surface area contributed by atoms with Crippen molar-refractivity contribution in [2.45, 2.75) is 26.2 Å². The zero-order valence-corrected chi connectivity index (χ0v) is 7.62. The molecule has 0 aromatic rings. The molecule has 1 heteroatoms. The molecule has 0 aromatic carbocycles. The van der Waals surface area contributed by atoms with E-state index in [4.69, 9.17) is 0 Å².